The van der Waals surface area contributed by atoms with Crippen LogP contribution in [0.15, 0.2) is 18.2 Å². The highest BCUT2D eigenvalue weighted by Gasteiger charge is 2.29. The number of ether oxygens (including phenoxy) is 2. The molecule has 0 radical (unpaired) electrons. The van der Waals surface area contributed by atoms with Crippen molar-refractivity contribution in [1.82, 2.24) is 9.80 Å². The summed E-state index contributed by atoms with van der Waals surface area (Å²) in [7, 11) is 0. The number of primary amides is 1. The summed E-state index contributed by atoms with van der Waals surface area (Å²) < 4.78 is 11.1. The van der Waals surface area contributed by atoms with E-state index in [-0.39, 0.29) is 19.0 Å². The quantitative estimate of drug-likeness (QED) is 0.739. The molecule has 0 bridgehead atoms. The molecular formula is C16H21N3O5. The molecule has 2 aliphatic rings. The SMILES string of the molecule is NC(=O)CN1CCN(C(=O)c2cccc3c2OCCO3)C[C@@H](O)C1. The minimum Gasteiger partial charge on any atom is -0.486 e. The van der Waals surface area contributed by atoms with E-state index >= 15 is 0 Å². The van der Waals surface area contributed by atoms with E-state index in [2.05, 4.69) is 0 Å². The highest BCUT2D eigenvalue weighted by atomic mass is 16.6. The van der Waals surface area contributed by atoms with Crippen LogP contribution in [0.2, 0.25) is 0 Å². The molecule has 1 aromatic carbocycles. The van der Waals surface area contributed by atoms with Gasteiger partial charge < -0.3 is 25.2 Å². The third-order valence-electron chi connectivity index (χ3n) is 4.05. The number of aliphatic hydroxyl groups excluding tert-OH is 1. The number of carbonyl (C=O) groups excluding carboxylic acids is 2. The smallest absolute Gasteiger partial charge is 0.257 e. The Morgan fingerprint density at radius 2 is 2.00 bits per heavy atom. The van der Waals surface area contributed by atoms with Crippen LogP contribution in [0.1, 0.15) is 10.4 Å². The first-order valence-electron chi connectivity index (χ1n) is 7.91. The molecule has 1 aromatic rings. The van der Waals surface area contributed by atoms with Gasteiger partial charge >= 0.3 is 0 Å². The maximum absolute atomic E-state index is 12.9. The first-order chi connectivity index (χ1) is 11.5. The van der Waals surface area contributed by atoms with Gasteiger partial charge in [0.1, 0.15) is 13.2 Å². The van der Waals surface area contributed by atoms with Crippen molar-refractivity contribution in [2.24, 2.45) is 5.73 Å². The van der Waals surface area contributed by atoms with Crippen LogP contribution in [-0.4, -0.2) is 78.8 Å². The van der Waals surface area contributed by atoms with Gasteiger partial charge in [0.05, 0.1) is 18.2 Å². The molecule has 130 valence electrons. The number of carbonyl (C=O) groups is 2. The van der Waals surface area contributed by atoms with Gasteiger partial charge in [-0.25, -0.2) is 0 Å². The van der Waals surface area contributed by atoms with Crippen LogP contribution in [0.25, 0.3) is 0 Å². The van der Waals surface area contributed by atoms with Crippen LogP contribution < -0.4 is 15.2 Å². The zero-order chi connectivity index (χ0) is 17.1. The number of nitrogens with two attached hydrogens (primary N) is 1. The largest absolute Gasteiger partial charge is 0.486 e. The number of rotatable bonds is 3. The molecule has 2 aliphatic heterocycles. The Morgan fingerprint density at radius 3 is 2.79 bits per heavy atom. The summed E-state index contributed by atoms with van der Waals surface area (Å²) in [6.07, 6.45) is -0.743. The fourth-order valence-corrected chi connectivity index (χ4v) is 3.02. The fourth-order valence-electron chi connectivity index (χ4n) is 3.02. The van der Waals surface area contributed by atoms with Gasteiger partial charge in [0, 0.05) is 26.2 Å². The summed E-state index contributed by atoms with van der Waals surface area (Å²) in [5.41, 5.74) is 5.63. The highest BCUT2D eigenvalue weighted by Crippen LogP contribution is 2.34. The lowest BCUT2D eigenvalue weighted by molar-refractivity contribution is -0.119. The first kappa shape index (κ1) is 16.5. The number of hydrogen-bond donors (Lipinski definition) is 2. The molecule has 1 fully saturated rings. The van der Waals surface area contributed by atoms with Crippen molar-refractivity contribution in [3.8, 4) is 11.5 Å². The molecule has 1 atom stereocenters. The second kappa shape index (κ2) is 7.06. The van der Waals surface area contributed by atoms with E-state index in [4.69, 9.17) is 15.2 Å². The lowest BCUT2D eigenvalue weighted by atomic mass is 10.1. The van der Waals surface area contributed by atoms with E-state index in [1.165, 1.54) is 0 Å². The van der Waals surface area contributed by atoms with Crippen molar-refractivity contribution in [3.63, 3.8) is 0 Å². The van der Waals surface area contributed by atoms with Crippen LogP contribution in [0.3, 0.4) is 0 Å². The molecule has 0 unspecified atom stereocenters. The predicted octanol–water partition coefficient (Wildman–Crippen LogP) is -0.938. The molecule has 0 aromatic heterocycles. The normalized spacial score (nSPS) is 21.2. The second-order valence-electron chi connectivity index (χ2n) is 5.94. The van der Waals surface area contributed by atoms with Crippen LogP contribution >= 0.6 is 0 Å². The Hall–Kier alpha value is -2.32. The summed E-state index contributed by atoms with van der Waals surface area (Å²) in [5.74, 6) is 0.321. The van der Waals surface area contributed by atoms with Crippen molar-refractivity contribution in [1.29, 1.82) is 0 Å². The fraction of sp³-hybridized carbons (Fsp3) is 0.500. The molecule has 1 saturated heterocycles. The maximum Gasteiger partial charge on any atom is 0.257 e. The van der Waals surface area contributed by atoms with E-state index in [9.17, 15) is 14.7 Å². The van der Waals surface area contributed by atoms with Gasteiger partial charge in [-0.1, -0.05) is 6.07 Å². The monoisotopic (exact) mass is 335 g/mol. The number of hydrogen-bond acceptors (Lipinski definition) is 6. The summed E-state index contributed by atoms with van der Waals surface area (Å²) in [6, 6.07) is 5.19. The zero-order valence-corrected chi connectivity index (χ0v) is 13.3. The van der Waals surface area contributed by atoms with Crippen molar-refractivity contribution in [3.05, 3.63) is 23.8 Å². The van der Waals surface area contributed by atoms with Gasteiger partial charge in [0.15, 0.2) is 11.5 Å². The summed E-state index contributed by atoms with van der Waals surface area (Å²) in [5, 5.41) is 10.1. The van der Waals surface area contributed by atoms with Crippen LogP contribution in [0.5, 0.6) is 11.5 Å². The summed E-state index contributed by atoms with van der Waals surface area (Å²) >= 11 is 0. The Kier molecular flexibility index (Phi) is 4.86. The Morgan fingerprint density at radius 1 is 1.21 bits per heavy atom. The number of amides is 2. The Labute approximate surface area is 139 Å². The average Bonchev–Trinajstić information content (AvgIpc) is 2.74. The zero-order valence-electron chi connectivity index (χ0n) is 13.3. The number of para-hydroxylation sites is 1. The summed E-state index contributed by atoms with van der Waals surface area (Å²) in [4.78, 5) is 27.3. The van der Waals surface area contributed by atoms with E-state index in [0.29, 0.717) is 49.9 Å². The molecule has 8 nitrogen and oxygen atoms in total. The van der Waals surface area contributed by atoms with E-state index in [1.54, 1.807) is 28.0 Å². The molecule has 0 spiro atoms. The molecule has 0 saturated carbocycles. The topological polar surface area (TPSA) is 105 Å². The van der Waals surface area contributed by atoms with E-state index in [0.717, 1.165) is 0 Å². The van der Waals surface area contributed by atoms with Gasteiger partial charge in [0.2, 0.25) is 5.91 Å². The number of benzene rings is 1. The minimum absolute atomic E-state index is 0.0662. The van der Waals surface area contributed by atoms with Crippen molar-refractivity contribution >= 4 is 11.8 Å². The second-order valence-corrected chi connectivity index (χ2v) is 5.94. The number of nitrogens with zero attached hydrogens (tertiary/aromatic N) is 2. The molecule has 0 aliphatic carbocycles. The maximum atomic E-state index is 12.9. The van der Waals surface area contributed by atoms with Crippen molar-refractivity contribution < 1.29 is 24.2 Å². The standard InChI is InChI=1S/C16H21N3O5/c17-14(21)10-18-4-5-19(9-11(20)8-18)16(22)12-2-1-3-13-15(12)24-7-6-23-13/h1-3,11,20H,4-10H2,(H2,17,21)/t11-/m0/s1. The number of fused-ring (bicyclic) bond motifs is 1. The van der Waals surface area contributed by atoms with Gasteiger partial charge in [0.25, 0.3) is 5.91 Å². The van der Waals surface area contributed by atoms with Gasteiger partial charge in [-0.2, -0.15) is 0 Å². The lowest BCUT2D eigenvalue weighted by Crippen LogP contribution is -2.38. The van der Waals surface area contributed by atoms with Gasteiger partial charge in [-0.05, 0) is 12.1 Å². The van der Waals surface area contributed by atoms with Crippen molar-refractivity contribution in [2.75, 3.05) is 45.9 Å². The number of aliphatic hydroxyl groups is 1. The molecule has 24 heavy (non-hydrogen) atoms. The predicted molar refractivity (Wildman–Crippen MR) is 85.0 cm³/mol. The van der Waals surface area contributed by atoms with E-state index < -0.39 is 12.0 Å². The van der Waals surface area contributed by atoms with Gasteiger partial charge in [-0.3, -0.25) is 14.5 Å². The summed E-state index contributed by atoms with van der Waals surface area (Å²) in [6.45, 7) is 2.28. The minimum atomic E-state index is -0.743. The molecule has 2 amide bonds. The third-order valence-corrected chi connectivity index (χ3v) is 4.05. The molecule has 3 rings (SSSR count). The number of β-amino-alcohol motifs (C(OH)–C–C–N with tert-alkyl or cyclic N) is 1. The molecule has 3 N–H and O–H groups in total. The third kappa shape index (κ3) is 3.60. The molecule has 2 heterocycles. The first-order valence-corrected chi connectivity index (χ1v) is 7.91. The van der Waals surface area contributed by atoms with Crippen LogP contribution in [-0.2, 0) is 4.79 Å². The van der Waals surface area contributed by atoms with Gasteiger partial charge in [-0.15, -0.1) is 0 Å². The van der Waals surface area contributed by atoms with Crippen LogP contribution in [0, 0.1) is 0 Å². The molecular weight excluding hydrogens is 314 g/mol. The Balaban J connectivity index is 1.76. The van der Waals surface area contributed by atoms with Crippen molar-refractivity contribution in [2.45, 2.75) is 6.10 Å². The average molecular weight is 335 g/mol. The molecule has 8 heteroatoms. The highest BCUT2D eigenvalue weighted by molar-refractivity contribution is 5.98. The van der Waals surface area contributed by atoms with E-state index in [1.807, 2.05) is 0 Å². The lowest BCUT2D eigenvalue weighted by Gasteiger charge is -2.25. The van der Waals surface area contributed by atoms with Crippen LogP contribution in [0.4, 0.5) is 0 Å². The Bertz CT molecular complexity index is 636.